The van der Waals surface area contributed by atoms with E-state index in [1.54, 1.807) is 0 Å². The summed E-state index contributed by atoms with van der Waals surface area (Å²) in [6.45, 7) is -0.607. The molecule has 24 heteroatoms. The molecule has 0 bridgehead atoms. The van der Waals surface area contributed by atoms with E-state index in [9.17, 15) is 43.7 Å². The van der Waals surface area contributed by atoms with Gasteiger partial charge in [-0.2, -0.15) is 40.2 Å². The van der Waals surface area contributed by atoms with Crippen LogP contribution in [-0.2, 0) is 44.5 Å². The van der Waals surface area contributed by atoms with Gasteiger partial charge < -0.3 is 21.1 Å². The van der Waals surface area contributed by atoms with E-state index in [2.05, 4.69) is 40.3 Å². The largest absolute Gasteiger partial charge is 0.480 e. The Morgan fingerprint density at radius 2 is 1.20 bits per heavy atom. The van der Waals surface area contributed by atoms with Gasteiger partial charge in [0, 0.05) is 27.0 Å². The van der Waals surface area contributed by atoms with Crippen LogP contribution in [0.25, 0.3) is 21.5 Å². The van der Waals surface area contributed by atoms with Gasteiger partial charge in [0.25, 0.3) is 30.4 Å². The fraction of sp³-hybridized carbons (Fsp3) is 0.0400. The summed E-state index contributed by atoms with van der Waals surface area (Å²) in [7, 11) is -14.5. The number of carboxylic acid groups (broad SMARTS) is 1. The molecule has 0 aliphatic heterocycles. The predicted octanol–water partition coefficient (Wildman–Crippen LogP) is 3.33. The Kier molecular flexibility index (Phi) is 9.89. The van der Waals surface area contributed by atoms with Gasteiger partial charge in [-0.25, -0.2) is 5.26 Å². The molecule has 0 unspecified atom stereocenters. The Hall–Kier alpha value is -4.76. The molecule has 0 saturated heterocycles. The minimum atomic E-state index is -4.93. The zero-order valence-corrected chi connectivity index (χ0v) is 27.1. The maximum atomic E-state index is 12.0. The summed E-state index contributed by atoms with van der Waals surface area (Å²) >= 11 is 0.442. The van der Waals surface area contributed by atoms with Gasteiger partial charge in [0.05, 0.1) is 16.9 Å². The van der Waals surface area contributed by atoms with E-state index in [0.717, 1.165) is 12.1 Å². The van der Waals surface area contributed by atoms with Crippen LogP contribution in [0, 0.1) is 0 Å². The second-order valence-electron chi connectivity index (χ2n) is 9.67. The highest BCUT2D eigenvalue weighted by atomic mass is 32.2. The van der Waals surface area contributed by atoms with E-state index in [-0.39, 0.29) is 55.7 Å². The molecule has 49 heavy (non-hydrogen) atoms. The molecule has 0 aliphatic carbocycles. The number of anilines is 5. The molecule has 1 aromatic heterocycles. The molecule has 0 fully saturated rings. The molecule has 0 radical (unpaired) electrons. The lowest BCUT2D eigenvalue weighted by Crippen LogP contribution is -2.16. The number of aliphatic carboxylic acids is 1. The molecular weight excluding hydrogens is 737 g/mol. The normalized spacial score (nSPS) is 12.2. The second-order valence-corrected chi connectivity index (χ2v) is 14.6. The lowest BCUT2D eigenvalue weighted by atomic mass is 10.1. The van der Waals surface area contributed by atoms with Crippen molar-refractivity contribution in [2.24, 2.45) is 0 Å². The zero-order chi connectivity index (χ0) is 35.7. The monoisotopic (exact) mass is 756 g/mol. The molecule has 5 aromatic rings. The average Bonchev–Trinajstić information content (AvgIpc) is 3.00. The third kappa shape index (κ3) is 8.64. The number of hydrogen-bond acceptors (Lipinski definition) is 17. The number of nitrogens with zero attached hydrogens (tertiary/aromatic N) is 3. The van der Waals surface area contributed by atoms with E-state index >= 15 is 0 Å². The standard InChI is InChI=1S/C25H20N6O14S4/c32-22(33)11-26-23-29-24(27-14-1-3-18-12(5-14)7-16(46-45-44-34)9-20(18)48(38,39)40)31-25(30-23)28-15-2-4-19-13(6-15)8-17(47(35,36)37)10-21(19)49(41,42)43/h1-10,34H,11H2,(H,32,33)(H,35,36,37)(H,38,39,40)(H,41,42,43)(H3,26,27,28,29,30,31). The maximum absolute atomic E-state index is 12.0. The minimum absolute atomic E-state index is 0.0432. The summed E-state index contributed by atoms with van der Waals surface area (Å²) in [6, 6.07) is 12.1. The van der Waals surface area contributed by atoms with E-state index < -0.39 is 57.6 Å². The Balaban J connectivity index is 1.55. The summed E-state index contributed by atoms with van der Waals surface area (Å²) in [5.41, 5.74) is 0.406. The van der Waals surface area contributed by atoms with Gasteiger partial charge in [0.2, 0.25) is 17.8 Å². The number of benzene rings is 4. The van der Waals surface area contributed by atoms with Crippen molar-refractivity contribution in [3.63, 3.8) is 0 Å². The van der Waals surface area contributed by atoms with Gasteiger partial charge in [-0.3, -0.25) is 18.5 Å². The van der Waals surface area contributed by atoms with E-state index in [1.165, 1.54) is 42.5 Å². The SMILES string of the molecule is O=C(O)CNc1nc(Nc2ccc3c(S(=O)(=O)O)cc(SOOO)cc3c2)nc(Nc2ccc3c(S(=O)(=O)O)cc(S(=O)(=O)O)cc3c2)n1. The minimum Gasteiger partial charge on any atom is -0.480 e. The van der Waals surface area contributed by atoms with Crippen molar-refractivity contribution in [1.82, 2.24) is 15.0 Å². The summed E-state index contributed by atoms with van der Waals surface area (Å²) in [6.07, 6.45) is 0. The molecule has 0 aliphatic rings. The van der Waals surface area contributed by atoms with Crippen LogP contribution in [0.4, 0.5) is 29.2 Å². The highest BCUT2D eigenvalue weighted by molar-refractivity contribution is 7.94. The predicted molar refractivity (Wildman–Crippen MR) is 171 cm³/mol. The average molecular weight is 757 g/mol. The topological polar surface area (TPSA) is 314 Å². The molecule has 0 atom stereocenters. The lowest BCUT2D eigenvalue weighted by Gasteiger charge is -2.13. The van der Waals surface area contributed by atoms with Gasteiger partial charge in [0.1, 0.15) is 16.3 Å². The van der Waals surface area contributed by atoms with Gasteiger partial charge in [-0.05, 0) is 59.3 Å². The third-order valence-corrected chi connectivity index (χ3v) is 9.51. The molecule has 1 heterocycles. The number of hydrogen-bond donors (Lipinski definition) is 8. The smallest absolute Gasteiger partial charge is 0.322 e. The first-order valence-corrected chi connectivity index (χ1v) is 18.0. The second kappa shape index (κ2) is 13.6. The van der Waals surface area contributed by atoms with Crippen LogP contribution in [-0.4, -0.2) is 76.7 Å². The van der Waals surface area contributed by atoms with Gasteiger partial charge in [-0.1, -0.05) is 17.2 Å². The molecular formula is C25H20N6O14S4. The quantitative estimate of drug-likeness (QED) is 0.0369. The van der Waals surface area contributed by atoms with E-state index in [1.807, 2.05) is 0 Å². The molecule has 8 N–H and O–H groups in total. The van der Waals surface area contributed by atoms with Gasteiger partial charge in [-0.15, -0.1) is 4.33 Å². The van der Waals surface area contributed by atoms with Crippen LogP contribution < -0.4 is 16.0 Å². The number of carbonyl (C=O) groups is 1. The van der Waals surface area contributed by atoms with Crippen molar-refractivity contribution < 1.29 is 63.4 Å². The summed E-state index contributed by atoms with van der Waals surface area (Å²) in [4.78, 5) is 21.7. The fourth-order valence-corrected chi connectivity index (χ4v) is 7.05. The molecule has 0 amide bonds. The zero-order valence-electron chi connectivity index (χ0n) is 23.9. The summed E-state index contributed by atoms with van der Waals surface area (Å²) in [5.74, 6) is -1.87. The van der Waals surface area contributed by atoms with Crippen LogP contribution >= 0.6 is 12.0 Å². The summed E-state index contributed by atoms with van der Waals surface area (Å²) in [5, 5.41) is 29.5. The number of carboxylic acids is 1. The lowest BCUT2D eigenvalue weighted by molar-refractivity contribution is -0.432. The van der Waals surface area contributed by atoms with Crippen molar-refractivity contribution in [2.75, 3.05) is 22.5 Å². The van der Waals surface area contributed by atoms with Crippen LogP contribution in [0.2, 0.25) is 0 Å². The van der Waals surface area contributed by atoms with Crippen molar-refractivity contribution in [3.05, 3.63) is 60.7 Å². The van der Waals surface area contributed by atoms with Crippen molar-refractivity contribution in [3.8, 4) is 0 Å². The molecule has 4 aromatic carbocycles. The first-order valence-electron chi connectivity index (χ1n) is 12.9. The Labute approximate surface area is 279 Å². The van der Waals surface area contributed by atoms with Crippen LogP contribution in [0.3, 0.4) is 0 Å². The van der Waals surface area contributed by atoms with Crippen LogP contribution in [0.1, 0.15) is 0 Å². The van der Waals surface area contributed by atoms with E-state index in [0.29, 0.717) is 18.1 Å². The summed E-state index contributed by atoms with van der Waals surface area (Å²) < 4.78 is 105. The van der Waals surface area contributed by atoms with Crippen molar-refractivity contribution in [1.29, 1.82) is 0 Å². The maximum Gasteiger partial charge on any atom is 0.322 e. The Morgan fingerprint density at radius 1 is 0.694 bits per heavy atom. The molecule has 20 nitrogen and oxygen atoms in total. The van der Waals surface area contributed by atoms with Gasteiger partial charge >= 0.3 is 5.97 Å². The molecule has 258 valence electrons. The van der Waals surface area contributed by atoms with Crippen molar-refractivity contribution in [2.45, 2.75) is 19.6 Å². The molecule has 5 rings (SSSR count). The number of fused-ring (bicyclic) bond motifs is 2. The van der Waals surface area contributed by atoms with Crippen LogP contribution in [0.5, 0.6) is 0 Å². The van der Waals surface area contributed by atoms with Crippen LogP contribution in [0.15, 0.2) is 80.2 Å². The first kappa shape index (κ1) is 35.5. The number of aromatic nitrogens is 3. The Bertz CT molecular complexity index is 2460. The number of rotatable bonds is 13. The highest BCUT2D eigenvalue weighted by Crippen LogP contribution is 2.33. The third-order valence-electron chi connectivity index (χ3n) is 6.34. The Morgan fingerprint density at radius 3 is 1.69 bits per heavy atom. The first-order chi connectivity index (χ1) is 22.9. The highest BCUT2D eigenvalue weighted by Gasteiger charge is 2.21. The van der Waals surface area contributed by atoms with E-state index in [4.69, 9.17) is 10.4 Å². The number of nitrogens with one attached hydrogen (secondary N) is 3. The molecule has 0 saturated carbocycles. The van der Waals surface area contributed by atoms with Crippen molar-refractivity contribution >= 4 is 99.1 Å². The molecule has 0 spiro atoms. The van der Waals surface area contributed by atoms with Gasteiger partial charge in [0.15, 0.2) is 0 Å². The fourth-order valence-electron chi connectivity index (χ4n) is 4.43.